The second-order valence-corrected chi connectivity index (χ2v) is 8.01. The zero-order valence-corrected chi connectivity index (χ0v) is 14.3. The SMILES string of the molecule is CCN(C1CC1)S(=O)(=O)c1cc(CNC(C)C)ccc1Cl. The molecule has 0 unspecified atom stereocenters. The van der Waals surface area contributed by atoms with Gasteiger partial charge in [0.15, 0.2) is 0 Å². The van der Waals surface area contributed by atoms with E-state index in [1.54, 1.807) is 16.4 Å². The van der Waals surface area contributed by atoms with Crippen LogP contribution >= 0.6 is 11.6 Å². The van der Waals surface area contributed by atoms with Gasteiger partial charge in [-0.2, -0.15) is 4.31 Å². The molecular weight excluding hydrogens is 308 g/mol. The minimum absolute atomic E-state index is 0.147. The van der Waals surface area contributed by atoms with Gasteiger partial charge < -0.3 is 5.32 Å². The molecule has 1 saturated carbocycles. The van der Waals surface area contributed by atoms with Crippen molar-refractivity contribution in [3.05, 3.63) is 28.8 Å². The highest BCUT2D eigenvalue weighted by Gasteiger charge is 2.37. The fourth-order valence-corrected chi connectivity index (χ4v) is 4.51. The van der Waals surface area contributed by atoms with Crippen LogP contribution in [0.25, 0.3) is 0 Å². The Morgan fingerprint density at radius 2 is 2.05 bits per heavy atom. The first-order chi connectivity index (χ1) is 9.86. The number of rotatable bonds is 7. The average molecular weight is 331 g/mol. The predicted octanol–water partition coefficient (Wildman–Crippen LogP) is 3.01. The van der Waals surface area contributed by atoms with Crippen molar-refractivity contribution >= 4 is 21.6 Å². The Morgan fingerprint density at radius 3 is 2.57 bits per heavy atom. The standard InChI is InChI=1S/C15H23ClN2O2S/c1-4-18(13-6-7-13)21(19,20)15-9-12(5-8-14(15)16)10-17-11(2)3/h5,8-9,11,13,17H,4,6-7,10H2,1-3H3. The zero-order valence-electron chi connectivity index (χ0n) is 12.8. The number of hydrogen-bond acceptors (Lipinski definition) is 3. The van der Waals surface area contributed by atoms with Crippen LogP contribution in [0.5, 0.6) is 0 Å². The molecule has 1 N–H and O–H groups in total. The van der Waals surface area contributed by atoms with E-state index in [4.69, 9.17) is 11.6 Å². The van der Waals surface area contributed by atoms with Crippen LogP contribution < -0.4 is 5.32 Å². The Labute approximate surface area is 132 Å². The molecule has 0 bridgehead atoms. The van der Waals surface area contributed by atoms with E-state index >= 15 is 0 Å². The van der Waals surface area contributed by atoms with Crippen LogP contribution in [0.15, 0.2) is 23.1 Å². The van der Waals surface area contributed by atoms with Crippen molar-refractivity contribution in [1.29, 1.82) is 0 Å². The molecule has 1 fully saturated rings. The summed E-state index contributed by atoms with van der Waals surface area (Å²) in [6.07, 6.45) is 1.89. The summed E-state index contributed by atoms with van der Waals surface area (Å²) in [5.41, 5.74) is 0.929. The lowest BCUT2D eigenvalue weighted by molar-refractivity contribution is 0.421. The van der Waals surface area contributed by atoms with Crippen LogP contribution in [0.3, 0.4) is 0 Å². The van der Waals surface area contributed by atoms with E-state index in [1.165, 1.54) is 0 Å². The minimum Gasteiger partial charge on any atom is -0.310 e. The molecule has 6 heteroatoms. The molecule has 1 aromatic carbocycles. The first-order valence-electron chi connectivity index (χ1n) is 7.40. The lowest BCUT2D eigenvalue weighted by Gasteiger charge is -2.21. The second-order valence-electron chi connectivity index (χ2n) is 5.74. The van der Waals surface area contributed by atoms with E-state index in [0.29, 0.717) is 24.2 Å². The normalized spacial score (nSPS) is 15.9. The number of benzene rings is 1. The first-order valence-corrected chi connectivity index (χ1v) is 9.21. The summed E-state index contributed by atoms with van der Waals surface area (Å²) >= 11 is 6.14. The molecule has 0 aliphatic heterocycles. The predicted molar refractivity (Wildman–Crippen MR) is 86.0 cm³/mol. The molecule has 0 aromatic heterocycles. The smallest absolute Gasteiger partial charge is 0.244 e. The molecule has 0 spiro atoms. The summed E-state index contributed by atoms with van der Waals surface area (Å²) in [6.45, 7) is 7.09. The number of hydrogen-bond donors (Lipinski definition) is 1. The van der Waals surface area contributed by atoms with Crippen LogP contribution in [-0.2, 0) is 16.6 Å². The van der Waals surface area contributed by atoms with Gasteiger partial charge in [-0.25, -0.2) is 8.42 Å². The van der Waals surface area contributed by atoms with Crippen molar-refractivity contribution < 1.29 is 8.42 Å². The monoisotopic (exact) mass is 330 g/mol. The van der Waals surface area contributed by atoms with Crippen molar-refractivity contribution in [2.75, 3.05) is 6.54 Å². The summed E-state index contributed by atoms with van der Waals surface area (Å²) in [5.74, 6) is 0. The number of halogens is 1. The van der Waals surface area contributed by atoms with E-state index in [-0.39, 0.29) is 10.9 Å². The van der Waals surface area contributed by atoms with Crippen LogP contribution in [0, 0.1) is 0 Å². The Kier molecular flexibility index (Phi) is 5.30. The number of sulfonamides is 1. The fraction of sp³-hybridized carbons (Fsp3) is 0.600. The molecular formula is C15H23ClN2O2S. The summed E-state index contributed by atoms with van der Waals surface area (Å²) in [5, 5.41) is 3.58. The van der Waals surface area contributed by atoms with Gasteiger partial charge in [-0.3, -0.25) is 0 Å². The quantitative estimate of drug-likeness (QED) is 0.836. The molecule has 1 aliphatic rings. The molecule has 21 heavy (non-hydrogen) atoms. The first kappa shape index (κ1) is 16.7. The van der Waals surface area contributed by atoms with Crippen LogP contribution in [0.4, 0.5) is 0 Å². The molecule has 0 heterocycles. The second kappa shape index (κ2) is 6.65. The molecule has 1 aliphatic carbocycles. The van der Waals surface area contributed by atoms with Gasteiger partial charge in [-0.05, 0) is 30.5 Å². The maximum atomic E-state index is 12.8. The summed E-state index contributed by atoms with van der Waals surface area (Å²) < 4.78 is 27.1. The zero-order chi connectivity index (χ0) is 15.6. The molecule has 1 aromatic rings. The van der Waals surface area contributed by atoms with Crippen molar-refractivity contribution in [1.82, 2.24) is 9.62 Å². The lowest BCUT2D eigenvalue weighted by atomic mass is 10.2. The highest BCUT2D eigenvalue weighted by molar-refractivity contribution is 7.89. The molecule has 118 valence electrons. The van der Waals surface area contributed by atoms with Crippen LogP contribution in [-0.4, -0.2) is 31.4 Å². The Balaban J connectivity index is 2.30. The van der Waals surface area contributed by atoms with E-state index in [0.717, 1.165) is 18.4 Å². The average Bonchev–Trinajstić information content (AvgIpc) is 3.22. The largest absolute Gasteiger partial charge is 0.310 e. The van der Waals surface area contributed by atoms with Crippen molar-refractivity contribution in [3.8, 4) is 0 Å². The van der Waals surface area contributed by atoms with Crippen LogP contribution in [0.2, 0.25) is 5.02 Å². The summed E-state index contributed by atoms with van der Waals surface area (Å²) in [4.78, 5) is 0.223. The third-order valence-electron chi connectivity index (χ3n) is 3.56. The molecule has 2 rings (SSSR count). The fourth-order valence-electron chi connectivity index (χ4n) is 2.29. The van der Waals surface area contributed by atoms with Crippen molar-refractivity contribution in [2.24, 2.45) is 0 Å². The number of nitrogens with one attached hydrogen (secondary N) is 1. The van der Waals surface area contributed by atoms with Gasteiger partial charge in [-0.15, -0.1) is 0 Å². The molecule has 0 saturated heterocycles. The van der Waals surface area contributed by atoms with Crippen molar-refractivity contribution in [3.63, 3.8) is 0 Å². The maximum absolute atomic E-state index is 12.8. The van der Waals surface area contributed by atoms with Crippen molar-refractivity contribution in [2.45, 2.75) is 57.1 Å². The summed E-state index contributed by atoms with van der Waals surface area (Å²) in [6, 6.07) is 5.72. The minimum atomic E-state index is -3.51. The number of nitrogens with zero attached hydrogens (tertiary/aromatic N) is 1. The van der Waals surface area contributed by atoms with Gasteiger partial charge in [-0.1, -0.05) is 38.4 Å². The Bertz CT molecular complexity index is 598. The van der Waals surface area contributed by atoms with Gasteiger partial charge in [0, 0.05) is 25.2 Å². The third kappa shape index (κ3) is 3.97. The van der Waals surface area contributed by atoms with Gasteiger partial charge >= 0.3 is 0 Å². The lowest BCUT2D eigenvalue weighted by Crippen LogP contribution is -2.33. The van der Waals surface area contributed by atoms with E-state index < -0.39 is 10.0 Å². The van der Waals surface area contributed by atoms with E-state index in [1.807, 2.05) is 13.0 Å². The Hall–Kier alpha value is -0.620. The maximum Gasteiger partial charge on any atom is 0.244 e. The van der Waals surface area contributed by atoms with Crippen LogP contribution in [0.1, 0.15) is 39.2 Å². The summed E-state index contributed by atoms with van der Waals surface area (Å²) in [7, 11) is -3.51. The van der Waals surface area contributed by atoms with Gasteiger partial charge in [0.1, 0.15) is 4.90 Å². The highest BCUT2D eigenvalue weighted by Crippen LogP contribution is 2.34. The molecule has 0 atom stereocenters. The van der Waals surface area contributed by atoms with Gasteiger partial charge in [0.2, 0.25) is 10.0 Å². The third-order valence-corrected chi connectivity index (χ3v) is 6.07. The van der Waals surface area contributed by atoms with Gasteiger partial charge in [0.05, 0.1) is 5.02 Å². The molecule has 4 nitrogen and oxygen atoms in total. The Morgan fingerprint density at radius 1 is 1.38 bits per heavy atom. The van der Waals surface area contributed by atoms with E-state index in [2.05, 4.69) is 19.2 Å². The molecule has 0 amide bonds. The molecule has 0 radical (unpaired) electrons. The van der Waals surface area contributed by atoms with Gasteiger partial charge in [0.25, 0.3) is 0 Å². The highest BCUT2D eigenvalue weighted by atomic mass is 35.5. The topological polar surface area (TPSA) is 49.4 Å². The van der Waals surface area contributed by atoms with E-state index in [9.17, 15) is 8.42 Å².